The summed E-state index contributed by atoms with van der Waals surface area (Å²) in [5.74, 6) is 1.75. The Hall–Kier alpha value is -3.12. The van der Waals surface area contributed by atoms with Crippen LogP contribution in [0.25, 0.3) is 0 Å². The Bertz CT molecular complexity index is 699. The number of nitro groups is 1. The average molecular weight is 333 g/mol. The number of β-amino-alcohol motifs (C(OH)–C–C–N with tert-alkyl or cyclic N) is 1. The predicted octanol–water partition coefficient (Wildman–Crippen LogP) is 0.278. The number of rotatable bonds is 7. The zero-order valence-electron chi connectivity index (χ0n) is 12.5. The third kappa shape index (κ3) is 3.80. The first kappa shape index (κ1) is 17.2. The Kier molecular flexibility index (Phi) is 5.34. The number of nitrogens with zero attached hydrogens (tertiary/aromatic N) is 2. The molecule has 0 unspecified atom stereocenters. The number of para-hydroxylation sites is 2. The molecule has 2 atom stereocenters. The number of ether oxygens (including phenoxy) is 1. The van der Waals surface area contributed by atoms with Crippen molar-refractivity contribution in [3.8, 4) is 18.1 Å². The van der Waals surface area contributed by atoms with Gasteiger partial charge in [0.05, 0.1) is 11.5 Å². The van der Waals surface area contributed by atoms with Crippen molar-refractivity contribution in [2.24, 2.45) is 0 Å². The first-order valence-electron chi connectivity index (χ1n) is 7.03. The number of nitro benzene ring substituents is 1. The standard InChI is InChI=1S/C15H15N3O6/c1-2-5-11-14(20)17(15(21)16-11)8-10(19)9-24-13-7-4-3-6-12(13)18(22)23/h1,3-4,6-7,10-11,19H,5,8-9H2,(H,16,21)/t10-,11+/m1/s1. The fraction of sp³-hybridized carbons (Fsp3) is 0.333. The number of urea groups is 1. The molecule has 0 saturated carbocycles. The highest BCUT2D eigenvalue weighted by molar-refractivity contribution is 6.04. The molecule has 24 heavy (non-hydrogen) atoms. The smallest absolute Gasteiger partial charge is 0.324 e. The maximum atomic E-state index is 12.0. The van der Waals surface area contributed by atoms with Gasteiger partial charge in [0, 0.05) is 12.5 Å². The van der Waals surface area contributed by atoms with Crippen molar-refractivity contribution < 1.29 is 24.4 Å². The molecule has 126 valence electrons. The van der Waals surface area contributed by atoms with Crippen molar-refractivity contribution in [2.45, 2.75) is 18.6 Å². The van der Waals surface area contributed by atoms with Crippen molar-refractivity contribution in [2.75, 3.05) is 13.2 Å². The van der Waals surface area contributed by atoms with Gasteiger partial charge in [0.2, 0.25) is 0 Å². The molecule has 9 nitrogen and oxygen atoms in total. The molecule has 2 rings (SSSR count). The number of hydrogen-bond donors (Lipinski definition) is 2. The van der Waals surface area contributed by atoms with Gasteiger partial charge < -0.3 is 15.2 Å². The Morgan fingerprint density at radius 3 is 2.83 bits per heavy atom. The summed E-state index contributed by atoms with van der Waals surface area (Å²) in [7, 11) is 0. The molecule has 1 aliphatic heterocycles. The highest BCUT2D eigenvalue weighted by atomic mass is 16.6. The molecule has 0 aromatic heterocycles. The lowest BCUT2D eigenvalue weighted by atomic mass is 10.2. The highest BCUT2D eigenvalue weighted by Gasteiger charge is 2.38. The van der Waals surface area contributed by atoms with Crippen LogP contribution in [0.4, 0.5) is 10.5 Å². The van der Waals surface area contributed by atoms with Crippen LogP contribution >= 0.6 is 0 Å². The minimum absolute atomic E-state index is 0.0102. The topological polar surface area (TPSA) is 122 Å². The van der Waals surface area contributed by atoms with Crippen LogP contribution in [0.3, 0.4) is 0 Å². The summed E-state index contributed by atoms with van der Waals surface area (Å²) >= 11 is 0. The number of imide groups is 1. The lowest BCUT2D eigenvalue weighted by Gasteiger charge is -2.18. The van der Waals surface area contributed by atoms with Gasteiger partial charge in [-0.25, -0.2) is 4.79 Å². The second-order valence-electron chi connectivity index (χ2n) is 5.05. The molecule has 0 radical (unpaired) electrons. The van der Waals surface area contributed by atoms with E-state index >= 15 is 0 Å². The van der Waals surface area contributed by atoms with Gasteiger partial charge in [-0.1, -0.05) is 12.1 Å². The molecule has 3 amide bonds. The first-order chi connectivity index (χ1) is 11.4. The maximum Gasteiger partial charge on any atom is 0.324 e. The van der Waals surface area contributed by atoms with E-state index in [1.54, 1.807) is 6.07 Å². The van der Waals surface area contributed by atoms with E-state index in [9.17, 15) is 24.8 Å². The van der Waals surface area contributed by atoms with Crippen molar-refractivity contribution in [1.29, 1.82) is 0 Å². The second-order valence-corrected chi connectivity index (χ2v) is 5.05. The number of terminal acetylenes is 1. The maximum absolute atomic E-state index is 12.0. The summed E-state index contributed by atoms with van der Waals surface area (Å²) < 4.78 is 5.22. The molecule has 1 saturated heterocycles. The van der Waals surface area contributed by atoms with E-state index in [0.717, 1.165) is 4.90 Å². The average Bonchev–Trinajstić information content (AvgIpc) is 2.81. The lowest BCUT2D eigenvalue weighted by Crippen LogP contribution is -2.40. The van der Waals surface area contributed by atoms with E-state index in [-0.39, 0.29) is 31.0 Å². The van der Waals surface area contributed by atoms with Crippen LogP contribution in [0.1, 0.15) is 6.42 Å². The van der Waals surface area contributed by atoms with Gasteiger partial charge >= 0.3 is 11.7 Å². The number of nitrogens with one attached hydrogen (secondary N) is 1. The summed E-state index contributed by atoms with van der Waals surface area (Å²) in [5, 5.41) is 23.2. The fourth-order valence-corrected chi connectivity index (χ4v) is 2.19. The number of aliphatic hydroxyl groups excluding tert-OH is 1. The minimum Gasteiger partial charge on any atom is -0.484 e. The van der Waals surface area contributed by atoms with E-state index in [0.29, 0.717) is 0 Å². The fourth-order valence-electron chi connectivity index (χ4n) is 2.19. The van der Waals surface area contributed by atoms with E-state index in [1.165, 1.54) is 18.2 Å². The van der Waals surface area contributed by atoms with Gasteiger partial charge in [0.25, 0.3) is 5.91 Å². The Balaban J connectivity index is 1.94. The highest BCUT2D eigenvalue weighted by Crippen LogP contribution is 2.25. The largest absolute Gasteiger partial charge is 0.484 e. The second kappa shape index (κ2) is 7.43. The molecule has 1 aromatic carbocycles. The molecule has 1 aliphatic rings. The zero-order chi connectivity index (χ0) is 17.7. The number of hydrogen-bond acceptors (Lipinski definition) is 6. The molecule has 0 aliphatic carbocycles. The molecule has 2 N–H and O–H groups in total. The predicted molar refractivity (Wildman–Crippen MR) is 82.1 cm³/mol. The van der Waals surface area contributed by atoms with E-state index < -0.39 is 29.0 Å². The van der Waals surface area contributed by atoms with Gasteiger partial charge in [-0.2, -0.15) is 0 Å². The molecule has 1 fully saturated rings. The third-order valence-electron chi connectivity index (χ3n) is 3.32. The molecule has 1 aromatic rings. The quantitative estimate of drug-likeness (QED) is 0.320. The summed E-state index contributed by atoms with van der Waals surface area (Å²) in [6.07, 6.45) is 3.97. The van der Waals surface area contributed by atoms with Crippen LogP contribution in [0.15, 0.2) is 24.3 Å². The summed E-state index contributed by atoms with van der Waals surface area (Å²) in [6, 6.07) is 4.25. The molecule has 1 heterocycles. The number of amides is 3. The summed E-state index contributed by atoms with van der Waals surface area (Å²) in [4.78, 5) is 34.8. The van der Waals surface area contributed by atoms with Crippen LogP contribution in [-0.4, -0.2) is 52.2 Å². The first-order valence-corrected chi connectivity index (χ1v) is 7.03. The Morgan fingerprint density at radius 1 is 1.46 bits per heavy atom. The van der Waals surface area contributed by atoms with Gasteiger partial charge in [-0.05, 0) is 6.07 Å². The molecule has 9 heteroatoms. The molecular formula is C15H15N3O6. The van der Waals surface area contributed by atoms with Crippen LogP contribution in [0.5, 0.6) is 5.75 Å². The van der Waals surface area contributed by atoms with E-state index in [4.69, 9.17) is 11.2 Å². The molecule has 0 spiro atoms. The van der Waals surface area contributed by atoms with Crippen molar-refractivity contribution in [3.63, 3.8) is 0 Å². The Morgan fingerprint density at radius 2 is 2.17 bits per heavy atom. The van der Waals surface area contributed by atoms with Crippen LogP contribution < -0.4 is 10.1 Å². The van der Waals surface area contributed by atoms with Crippen LogP contribution in [-0.2, 0) is 4.79 Å². The summed E-state index contributed by atoms with van der Waals surface area (Å²) in [5.41, 5.74) is -0.242. The monoisotopic (exact) mass is 333 g/mol. The van der Waals surface area contributed by atoms with Gasteiger partial charge in [0.1, 0.15) is 18.8 Å². The normalized spacial score (nSPS) is 18.0. The Labute approximate surface area is 137 Å². The minimum atomic E-state index is -1.20. The van der Waals surface area contributed by atoms with Crippen molar-refractivity contribution in [1.82, 2.24) is 10.2 Å². The third-order valence-corrected chi connectivity index (χ3v) is 3.32. The summed E-state index contributed by atoms with van der Waals surface area (Å²) in [6.45, 7) is -0.617. The van der Waals surface area contributed by atoms with Gasteiger partial charge in [-0.15, -0.1) is 12.3 Å². The van der Waals surface area contributed by atoms with Crippen LogP contribution in [0, 0.1) is 22.5 Å². The van der Waals surface area contributed by atoms with Crippen molar-refractivity contribution in [3.05, 3.63) is 34.4 Å². The molecular weight excluding hydrogens is 318 g/mol. The number of aliphatic hydroxyl groups is 1. The van der Waals surface area contributed by atoms with E-state index in [2.05, 4.69) is 11.2 Å². The van der Waals surface area contributed by atoms with Crippen LogP contribution in [0.2, 0.25) is 0 Å². The number of benzene rings is 1. The number of carbonyl (C=O) groups excluding carboxylic acids is 2. The van der Waals surface area contributed by atoms with E-state index in [1.807, 2.05) is 0 Å². The van der Waals surface area contributed by atoms with Gasteiger partial charge in [-0.3, -0.25) is 19.8 Å². The van der Waals surface area contributed by atoms with Crippen molar-refractivity contribution >= 4 is 17.6 Å². The number of carbonyl (C=O) groups is 2. The SMILES string of the molecule is C#CC[C@@H]1NC(=O)N(C[C@@H](O)COc2ccccc2[N+](=O)[O-])C1=O. The lowest BCUT2D eigenvalue weighted by molar-refractivity contribution is -0.385. The molecule has 0 bridgehead atoms. The zero-order valence-corrected chi connectivity index (χ0v) is 12.5. The van der Waals surface area contributed by atoms with Gasteiger partial charge in [0.15, 0.2) is 5.75 Å².